The van der Waals surface area contributed by atoms with Gasteiger partial charge in [-0.15, -0.1) is 0 Å². The molecule has 0 amide bonds. The fourth-order valence-electron chi connectivity index (χ4n) is 25.7. The summed E-state index contributed by atoms with van der Waals surface area (Å²) in [5.74, 6) is 0.391. The lowest BCUT2D eigenvalue weighted by Gasteiger charge is -2.41. The largest absolute Gasteiger partial charge is 0.456 e. The Balaban J connectivity index is 0.971. The zero-order valence-electron chi connectivity index (χ0n) is 79.2. The summed E-state index contributed by atoms with van der Waals surface area (Å²) in [6.45, 7) is 24.0. The van der Waals surface area contributed by atoms with Crippen LogP contribution in [-0.4, -0.2) is 0 Å². The highest BCUT2D eigenvalue weighted by Gasteiger charge is 2.57. The van der Waals surface area contributed by atoms with Gasteiger partial charge in [0.2, 0.25) is 0 Å². The molecule has 10 aromatic rings. The number of anilines is 3. The number of nitrogens with zero attached hydrogens (tertiary/aromatic N) is 1. The van der Waals surface area contributed by atoms with Crippen molar-refractivity contribution in [3.05, 3.63) is 207 Å². The number of furan rings is 2. The van der Waals surface area contributed by atoms with Crippen molar-refractivity contribution in [2.24, 2.45) is 5.92 Å². The number of hydrogen-bond acceptors (Lipinski definition) is 3. The molecule has 2 aromatic heterocycles. The van der Waals surface area contributed by atoms with Crippen LogP contribution < -0.4 is 4.90 Å². The Morgan fingerprint density at radius 3 is 1.20 bits per heavy atom. The highest BCUT2D eigenvalue weighted by Crippen LogP contribution is 2.70. The van der Waals surface area contributed by atoms with Crippen LogP contribution in [0.15, 0.2) is 160 Å². The number of benzene rings is 8. The van der Waals surface area contributed by atoms with Crippen molar-refractivity contribution in [3.63, 3.8) is 0 Å². The van der Waals surface area contributed by atoms with Crippen molar-refractivity contribution in [3.8, 4) is 22.3 Å². The van der Waals surface area contributed by atoms with E-state index in [-0.39, 0.29) is 21.7 Å². The molecule has 5 aliphatic rings. The topological polar surface area (TPSA) is 29.5 Å². The Bertz CT molecular complexity index is 5110. The average Bonchev–Trinajstić information content (AvgIpc) is 1.50. The number of fused-ring (bicyclic) bond motifs is 21. The minimum atomic E-state index is -0.248. The lowest BCUT2D eigenvalue weighted by molar-refractivity contribution is 0.274. The predicted octanol–water partition coefficient (Wildman–Crippen LogP) is 38.9. The first-order valence-electron chi connectivity index (χ1n) is 52.3. The molecule has 5 aliphatic carbocycles. The first-order chi connectivity index (χ1) is 60.6. The fraction of sp³-hybridized carbons (Fsp3) is 0.567. The van der Waals surface area contributed by atoms with Crippen LogP contribution in [0.4, 0.5) is 17.1 Å². The second kappa shape index (κ2) is 43.0. The number of hydrogen-bond donors (Lipinski definition) is 0. The standard InChI is InChI=1S/C120H161NO2/c1-11-19-27-35-43-53-76-117(77-54-44-36-28-20-12-2)100-74-75-107-109(95-65-48-51-68-105(95)122-107)108(100)98-87-103-97(86-104(98)117)92-72-70-90(84-101(92)118(103,78-55-45-37-29-21-13-3)79-56-46-38-30-22-14-4)121(115-88(9)62-61-63-89(115)10)91-71-73-94-102(85-91)120(82-59-41-33-25-17-7,83-60-42-34-26-18-8)113-110(94)111-96-66-49-52-69-106(96)123-116(111)112-93-64-47-50-67-99(93)119(114(112)113,80-57-39-31-23-15-5)81-58-40-32-24-16-6/h47-52,61-75,84-85,87,104H,11-46,53-60,76-83,86H2,1-10H3. The summed E-state index contributed by atoms with van der Waals surface area (Å²) in [6.07, 6.45) is 70.7. The van der Waals surface area contributed by atoms with Crippen LogP contribution in [-0.2, 0) is 21.7 Å². The van der Waals surface area contributed by atoms with Gasteiger partial charge in [0.1, 0.15) is 22.3 Å². The van der Waals surface area contributed by atoms with E-state index in [1.54, 1.807) is 61.2 Å². The number of aryl methyl sites for hydroxylation is 2. The van der Waals surface area contributed by atoms with Crippen molar-refractivity contribution < 1.29 is 8.83 Å². The van der Waals surface area contributed by atoms with Crippen molar-refractivity contribution in [2.45, 2.75) is 431 Å². The van der Waals surface area contributed by atoms with Gasteiger partial charge in [-0.2, -0.15) is 0 Å². The lowest BCUT2D eigenvalue weighted by atomic mass is 9.62. The maximum Gasteiger partial charge on any atom is 0.144 e. The third-order valence-corrected chi connectivity index (χ3v) is 32.0. The smallest absolute Gasteiger partial charge is 0.144 e. The van der Waals surface area contributed by atoms with E-state index in [1.165, 1.54) is 393 Å². The van der Waals surface area contributed by atoms with Crippen molar-refractivity contribution in [1.82, 2.24) is 0 Å². The first kappa shape index (κ1) is 90.4. The average molecular weight is 1650 g/mol. The minimum absolute atomic E-state index is 0.0306. The summed E-state index contributed by atoms with van der Waals surface area (Å²) in [5, 5.41) is 5.33. The van der Waals surface area contributed by atoms with Crippen LogP contribution in [0.2, 0.25) is 0 Å². The van der Waals surface area contributed by atoms with Gasteiger partial charge < -0.3 is 13.7 Å². The maximum absolute atomic E-state index is 7.72. The molecule has 0 spiro atoms. The maximum atomic E-state index is 7.72. The van der Waals surface area contributed by atoms with Gasteiger partial charge in [0.25, 0.3) is 0 Å². The summed E-state index contributed by atoms with van der Waals surface area (Å²) in [4.78, 5) is 2.86. The molecule has 0 saturated carbocycles. The molecule has 1 atom stereocenters. The van der Waals surface area contributed by atoms with Gasteiger partial charge in [0, 0.05) is 60.1 Å². The van der Waals surface area contributed by atoms with E-state index in [0.717, 1.165) is 41.6 Å². The predicted molar refractivity (Wildman–Crippen MR) is 536 cm³/mol. The van der Waals surface area contributed by atoms with Crippen molar-refractivity contribution >= 4 is 72.1 Å². The van der Waals surface area contributed by atoms with E-state index in [9.17, 15) is 0 Å². The highest BCUT2D eigenvalue weighted by molar-refractivity contribution is 6.21. The van der Waals surface area contributed by atoms with Gasteiger partial charge in [-0.25, -0.2) is 0 Å². The summed E-state index contributed by atoms with van der Waals surface area (Å²) in [6, 6.07) is 57.1. The number of rotatable bonds is 55. The summed E-state index contributed by atoms with van der Waals surface area (Å²) in [5.41, 5.74) is 34.3. The van der Waals surface area contributed by atoms with Gasteiger partial charge in [-0.3, -0.25) is 0 Å². The SMILES string of the molecule is CCCCCCCCC1(CCCCCCCC)C2=C(CC3C(=C2)c2c(ccc4oc5ccccc5c24)C3(CCCCCCCC)CCCCCCCC)c2ccc(N(c3ccc4c(c3)C(CCCCCCC)(CCCCCCC)c3c5c(c6oc7ccccc7c6c3-4)-c3ccccc3C5(CCCCCCC)CCCCCCC)c3c(C)cccc3C)cc21. The van der Waals surface area contributed by atoms with E-state index in [0.29, 0.717) is 5.92 Å². The molecule has 123 heavy (non-hydrogen) atoms. The normalized spacial score (nSPS) is 16.0. The molecule has 8 aromatic carbocycles. The Hall–Kier alpha value is -7.36. The molecule has 15 rings (SSSR count). The molecule has 2 heterocycles. The molecule has 0 N–H and O–H groups in total. The molecule has 658 valence electrons. The van der Waals surface area contributed by atoms with E-state index >= 15 is 0 Å². The zero-order valence-corrected chi connectivity index (χ0v) is 79.2. The van der Waals surface area contributed by atoms with Crippen LogP contribution in [0.25, 0.3) is 77.3 Å². The summed E-state index contributed by atoms with van der Waals surface area (Å²) < 4.78 is 14.8. The molecule has 3 heteroatoms. The quantitative estimate of drug-likeness (QED) is 0.0356. The van der Waals surface area contributed by atoms with E-state index in [1.807, 2.05) is 0 Å². The molecule has 0 aliphatic heterocycles. The Kier molecular flexibility index (Phi) is 31.6. The van der Waals surface area contributed by atoms with E-state index in [2.05, 4.69) is 220 Å². The monoisotopic (exact) mass is 1650 g/mol. The van der Waals surface area contributed by atoms with Crippen molar-refractivity contribution in [1.29, 1.82) is 0 Å². The van der Waals surface area contributed by atoms with Crippen LogP contribution >= 0.6 is 0 Å². The molecule has 0 bridgehead atoms. The second-order valence-corrected chi connectivity index (χ2v) is 40.2. The molecular formula is C120H161NO2. The van der Waals surface area contributed by atoms with Crippen LogP contribution in [0, 0.1) is 19.8 Å². The third-order valence-electron chi connectivity index (χ3n) is 32.0. The molecule has 1 unspecified atom stereocenters. The van der Waals surface area contributed by atoms with Gasteiger partial charge in [-0.05, 0) is 209 Å². The molecular weight excluding hydrogens is 1490 g/mol. The Morgan fingerprint density at radius 1 is 0.309 bits per heavy atom. The second-order valence-electron chi connectivity index (χ2n) is 40.2. The fourth-order valence-corrected chi connectivity index (χ4v) is 25.7. The van der Waals surface area contributed by atoms with Gasteiger partial charge >= 0.3 is 0 Å². The summed E-state index contributed by atoms with van der Waals surface area (Å²) >= 11 is 0. The zero-order chi connectivity index (χ0) is 85.2. The van der Waals surface area contributed by atoms with Crippen molar-refractivity contribution in [2.75, 3.05) is 4.90 Å². The number of para-hydroxylation sites is 3. The molecule has 0 saturated heterocycles. The van der Waals surface area contributed by atoms with Crippen LogP contribution in [0.3, 0.4) is 0 Å². The Morgan fingerprint density at radius 2 is 0.699 bits per heavy atom. The number of allylic oxidation sites excluding steroid dienone is 4. The molecule has 3 nitrogen and oxygen atoms in total. The van der Waals surface area contributed by atoms with Gasteiger partial charge in [-0.1, -0.05) is 441 Å². The van der Waals surface area contributed by atoms with Gasteiger partial charge in [0.15, 0.2) is 0 Å². The van der Waals surface area contributed by atoms with Crippen LogP contribution in [0.1, 0.15) is 451 Å². The molecule has 0 radical (unpaired) electrons. The van der Waals surface area contributed by atoms with Gasteiger partial charge in [0.05, 0.1) is 5.69 Å². The summed E-state index contributed by atoms with van der Waals surface area (Å²) in [7, 11) is 0. The third kappa shape index (κ3) is 18.2. The lowest BCUT2D eigenvalue weighted by Crippen LogP contribution is -2.33. The molecule has 0 fully saturated rings. The Labute approximate surface area is 747 Å². The minimum Gasteiger partial charge on any atom is -0.456 e. The first-order valence-corrected chi connectivity index (χ1v) is 52.3. The van der Waals surface area contributed by atoms with E-state index < -0.39 is 0 Å². The highest BCUT2D eigenvalue weighted by atomic mass is 16.3. The van der Waals surface area contributed by atoms with E-state index in [4.69, 9.17) is 8.83 Å². The number of unbranched alkanes of at least 4 members (excludes halogenated alkanes) is 36. The van der Waals surface area contributed by atoms with Crippen LogP contribution in [0.5, 0.6) is 0 Å².